The summed E-state index contributed by atoms with van der Waals surface area (Å²) in [5.41, 5.74) is -0.478. The fourth-order valence-electron chi connectivity index (χ4n) is 2.97. The Labute approximate surface area is 200 Å². The minimum absolute atomic E-state index is 0.0340. The lowest BCUT2D eigenvalue weighted by Gasteiger charge is -2.34. The molecule has 2 atom stereocenters. The number of thiol groups is 1. The molecule has 1 rings (SSSR count). The number of alkyl carbamates (subject to hydrolysis) is 1. The van der Waals surface area contributed by atoms with Crippen LogP contribution in [0.25, 0.3) is 0 Å². The molecule has 182 valence electrons. The Morgan fingerprint density at radius 2 is 1.82 bits per heavy atom. The fraction of sp³-hybridized carbons (Fsp3) is 0.565. The lowest BCUT2D eigenvalue weighted by molar-refractivity contribution is -0.141. The Kier molecular flexibility index (Phi) is 9.60. The SMILES string of the molecule is Cc1cc(C(C(=O)NC(C)(C)C)N(CC#N)C(=O)C(CS)NC(=O)OC(C)(C)C)ccc1O. The third-order valence-electron chi connectivity index (χ3n) is 4.29. The first kappa shape index (κ1) is 28.1. The lowest BCUT2D eigenvalue weighted by Crippen LogP contribution is -2.55. The molecule has 0 aliphatic carbocycles. The van der Waals surface area contributed by atoms with Gasteiger partial charge < -0.3 is 25.4 Å². The zero-order valence-electron chi connectivity index (χ0n) is 20.2. The second-order valence-electron chi connectivity index (χ2n) is 9.69. The summed E-state index contributed by atoms with van der Waals surface area (Å²) >= 11 is 4.18. The van der Waals surface area contributed by atoms with E-state index in [0.29, 0.717) is 11.1 Å². The number of nitrogens with zero attached hydrogens (tertiary/aromatic N) is 2. The van der Waals surface area contributed by atoms with Crippen molar-refractivity contribution in [3.63, 3.8) is 0 Å². The molecule has 0 aromatic heterocycles. The number of benzene rings is 1. The standard InChI is InChI=1S/C23H34N4O5S/c1-14-12-15(8-9-17(14)28)18(19(29)26-22(2,3)4)27(11-10-24)20(30)16(13-33)25-21(31)32-23(5,6)7/h8-9,12,16,18,28,33H,11,13H2,1-7H3,(H,25,31)(H,26,29). The average molecular weight is 479 g/mol. The van der Waals surface area contributed by atoms with Gasteiger partial charge in [0.2, 0.25) is 11.8 Å². The summed E-state index contributed by atoms with van der Waals surface area (Å²) in [5.74, 6) is -1.22. The van der Waals surface area contributed by atoms with Crippen LogP contribution in [0, 0.1) is 18.3 Å². The number of amides is 3. The van der Waals surface area contributed by atoms with Crippen LogP contribution in [0.3, 0.4) is 0 Å². The highest BCUT2D eigenvalue weighted by molar-refractivity contribution is 7.80. The number of carbonyl (C=O) groups excluding carboxylic acids is 3. The maximum atomic E-state index is 13.4. The van der Waals surface area contributed by atoms with E-state index in [2.05, 4.69) is 23.3 Å². The van der Waals surface area contributed by atoms with Crippen molar-refractivity contribution >= 4 is 30.5 Å². The summed E-state index contributed by atoms with van der Waals surface area (Å²) in [4.78, 5) is 40.1. The minimum Gasteiger partial charge on any atom is -0.508 e. The molecule has 3 N–H and O–H groups in total. The van der Waals surface area contributed by atoms with Gasteiger partial charge in [0.05, 0.1) is 6.07 Å². The van der Waals surface area contributed by atoms with Crippen LogP contribution in [0.15, 0.2) is 18.2 Å². The number of hydrogen-bond acceptors (Lipinski definition) is 7. The molecule has 0 saturated carbocycles. The average Bonchev–Trinajstić information content (AvgIpc) is 2.65. The Morgan fingerprint density at radius 3 is 2.27 bits per heavy atom. The molecule has 9 nitrogen and oxygen atoms in total. The molecule has 1 aromatic rings. The fourth-order valence-corrected chi connectivity index (χ4v) is 3.22. The summed E-state index contributed by atoms with van der Waals surface area (Å²) in [6.45, 7) is 11.7. The number of rotatable bonds is 7. The third kappa shape index (κ3) is 8.85. The summed E-state index contributed by atoms with van der Waals surface area (Å²) in [6.07, 6.45) is -0.817. The molecule has 0 fully saturated rings. The third-order valence-corrected chi connectivity index (χ3v) is 4.66. The molecule has 0 radical (unpaired) electrons. The van der Waals surface area contributed by atoms with Gasteiger partial charge in [-0.25, -0.2) is 4.79 Å². The highest BCUT2D eigenvalue weighted by Gasteiger charge is 2.37. The summed E-state index contributed by atoms with van der Waals surface area (Å²) in [7, 11) is 0. The molecule has 0 aliphatic heterocycles. The Bertz CT molecular complexity index is 915. The zero-order chi connectivity index (χ0) is 25.6. The maximum Gasteiger partial charge on any atom is 0.408 e. The highest BCUT2D eigenvalue weighted by Crippen LogP contribution is 2.27. The number of hydrogen-bond donors (Lipinski definition) is 4. The Hall–Kier alpha value is -2.93. The molecule has 2 unspecified atom stereocenters. The molecule has 0 aliphatic rings. The van der Waals surface area contributed by atoms with Crippen LogP contribution in [0.4, 0.5) is 4.79 Å². The number of nitrogens with one attached hydrogen (secondary N) is 2. The van der Waals surface area contributed by atoms with Crippen LogP contribution in [0.2, 0.25) is 0 Å². The van der Waals surface area contributed by atoms with Crippen molar-refractivity contribution in [1.29, 1.82) is 5.26 Å². The number of nitriles is 1. The van der Waals surface area contributed by atoms with Crippen LogP contribution in [0.1, 0.15) is 58.7 Å². The molecule has 0 spiro atoms. The van der Waals surface area contributed by atoms with Crippen molar-refractivity contribution < 1.29 is 24.2 Å². The van der Waals surface area contributed by atoms with Crippen molar-refractivity contribution in [2.45, 2.75) is 71.7 Å². The number of carbonyl (C=O) groups is 3. The van der Waals surface area contributed by atoms with Crippen molar-refractivity contribution in [2.24, 2.45) is 0 Å². The molecular formula is C23H34N4O5S. The number of phenolic OH excluding ortho intramolecular Hbond substituents is 1. The van der Waals surface area contributed by atoms with Crippen LogP contribution < -0.4 is 10.6 Å². The van der Waals surface area contributed by atoms with Gasteiger partial charge in [-0.15, -0.1) is 0 Å². The van der Waals surface area contributed by atoms with Crippen molar-refractivity contribution in [1.82, 2.24) is 15.5 Å². The van der Waals surface area contributed by atoms with E-state index in [-0.39, 0.29) is 11.5 Å². The van der Waals surface area contributed by atoms with Gasteiger partial charge in [0.1, 0.15) is 30.0 Å². The molecular weight excluding hydrogens is 444 g/mol. The lowest BCUT2D eigenvalue weighted by atomic mass is 9.99. The normalized spacial score (nSPS) is 13.3. The van der Waals surface area contributed by atoms with E-state index in [1.807, 2.05) is 6.07 Å². The number of phenols is 1. The first-order chi connectivity index (χ1) is 15.1. The summed E-state index contributed by atoms with van der Waals surface area (Å²) in [5, 5.41) is 24.7. The van der Waals surface area contributed by atoms with Gasteiger partial charge in [-0.1, -0.05) is 6.07 Å². The first-order valence-electron chi connectivity index (χ1n) is 10.5. The smallest absolute Gasteiger partial charge is 0.408 e. The Morgan fingerprint density at radius 1 is 1.21 bits per heavy atom. The van der Waals surface area contributed by atoms with Gasteiger partial charge in [0, 0.05) is 11.3 Å². The van der Waals surface area contributed by atoms with E-state index in [1.54, 1.807) is 54.5 Å². The van der Waals surface area contributed by atoms with Crippen molar-refractivity contribution in [2.75, 3.05) is 12.3 Å². The van der Waals surface area contributed by atoms with E-state index < -0.39 is 47.7 Å². The first-order valence-corrected chi connectivity index (χ1v) is 11.1. The molecule has 3 amide bonds. The Balaban J connectivity index is 3.42. The van der Waals surface area contributed by atoms with Crippen LogP contribution >= 0.6 is 12.6 Å². The van der Waals surface area contributed by atoms with Gasteiger partial charge in [0.25, 0.3) is 0 Å². The van der Waals surface area contributed by atoms with Gasteiger partial charge >= 0.3 is 6.09 Å². The van der Waals surface area contributed by atoms with Crippen molar-refractivity contribution in [3.05, 3.63) is 29.3 Å². The quantitative estimate of drug-likeness (QED) is 0.352. The second kappa shape index (κ2) is 11.3. The molecule has 33 heavy (non-hydrogen) atoms. The number of aryl methyl sites for hydroxylation is 1. The number of aromatic hydroxyl groups is 1. The molecule has 0 saturated heterocycles. The molecule has 1 aromatic carbocycles. The van der Waals surface area contributed by atoms with E-state index in [0.717, 1.165) is 4.90 Å². The topological polar surface area (TPSA) is 132 Å². The predicted octanol–water partition coefficient (Wildman–Crippen LogP) is 2.83. The van der Waals surface area contributed by atoms with Crippen LogP contribution in [-0.4, -0.2) is 57.4 Å². The summed E-state index contributed by atoms with van der Waals surface area (Å²) in [6, 6.07) is 4.12. The van der Waals surface area contributed by atoms with Gasteiger partial charge in [0.15, 0.2) is 0 Å². The predicted molar refractivity (Wildman–Crippen MR) is 128 cm³/mol. The second-order valence-corrected chi connectivity index (χ2v) is 10.1. The molecule has 10 heteroatoms. The van der Waals surface area contributed by atoms with Crippen LogP contribution in [-0.2, 0) is 14.3 Å². The van der Waals surface area contributed by atoms with Gasteiger partial charge in [-0.05, 0) is 71.7 Å². The maximum absolute atomic E-state index is 13.4. The monoisotopic (exact) mass is 478 g/mol. The molecule has 0 heterocycles. The van der Waals surface area contributed by atoms with E-state index in [1.165, 1.54) is 12.1 Å². The van der Waals surface area contributed by atoms with Crippen LogP contribution in [0.5, 0.6) is 5.75 Å². The van der Waals surface area contributed by atoms with Gasteiger partial charge in [-0.2, -0.15) is 17.9 Å². The van der Waals surface area contributed by atoms with Gasteiger partial charge in [-0.3, -0.25) is 9.59 Å². The van der Waals surface area contributed by atoms with E-state index in [9.17, 15) is 24.8 Å². The zero-order valence-corrected chi connectivity index (χ0v) is 21.1. The van der Waals surface area contributed by atoms with E-state index in [4.69, 9.17) is 4.74 Å². The highest BCUT2D eigenvalue weighted by atomic mass is 32.1. The minimum atomic E-state index is -1.18. The van der Waals surface area contributed by atoms with Crippen molar-refractivity contribution in [3.8, 4) is 11.8 Å². The van der Waals surface area contributed by atoms with E-state index >= 15 is 0 Å². The largest absolute Gasteiger partial charge is 0.508 e. The molecule has 0 bridgehead atoms. The number of ether oxygens (including phenoxy) is 1. The summed E-state index contributed by atoms with van der Waals surface area (Å²) < 4.78 is 5.22.